The van der Waals surface area contributed by atoms with E-state index in [1.54, 1.807) is 0 Å². The molecule has 0 spiro atoms. The maximum atomic E-state index is 3.16. The molecular formula is C8H12BN. The molecule has 0 aliphatic heterocycles. The van der Waals surface area contributed by atoms with Gasteiger partial charge in [0.25, 0.3) is 0 Å². The first-order valence-electron chi connectivity index (χ1n) is 3.49. The van der Waals surface area contributed by atoms with Crippen molar-refractivity contribution >= 4 is 13.7 Å². The molecule has 1 rings (SSSR count). The fourth-order valence-corrected chi connectivity index (χ4v) is 1.21. The van der Waals surface area contributed by atoms with E-state index in [0.717, 1.165) is 0 Å². The van der Waals surface area contributed by atoms with E-state index in [-0.39, 0.29) is 0 Å². The third-order valence-electron chi connectivity index (χ3n) is 1.73. The molecule has 0 aliphatic carbocycles. The van der Waals surface area contributed by atoms with Crippen molar-refractivity contribution in [3.8, 4) is 0 Å². The number of benzene rings is 1. The number of para-hydroxylation sites is 1. The second-order valence-electron chi connectivity index (χ2n) is 2.52. The summed E-state index contributed by atoms with van der Waals surface area (Å²) >= 11 is 0. The third kappa shape index (κ3) is 1.15. The largest absolute Gasteiger partial charge is 0.434 e. The number of nitrogens with one attached hydrogen (secondary N) is 1. The number of hydrogen-bond acceptors (Lipinski definition) is 1. The highest BCUT2D eigenvalue weighted by Crippen LogP contribution is 2.17. The molecule has 1 aromatic carbocycles. The predicted molar refractivity (Wildman–Crippen MR) is 48.1 cm³/mol. The summed E-state index contributed by atoms with van der Waals surface area (Å²) < 4.78 is 0. The number of rotatable bonds is 1. The molecule has 0 bridgehead atoms. The lowest BCUT2D eigenvalue weighted by molar-refractivity contribution is 1.39. The van der Waals surface area contributed by atoms with E-state index in [4.69, 9.17) is 0 Å². The highest BCUT2D eigenvalue weighted by molar-refractivity contribution is 6.16. The summed E-state index contributed by atoms with van der Waals surface area (Å²) in [5.74, 6) is 0. The quantitative estimate of drug-likeness (QED) is 0.568. The fraction of sp³-hybridized carbons (Fsp3) is 0.250. The number of hydrogen-bond donors (Lipinski definition) is 1. The molecule has 1 N–H and O–H groups in total. The summed E-state index contributed by atoms with van der Waals surface area (Å²) in [6.45, 7) is 4.22. The zero-order valence-electron chi connectivity index (χ0n) is 6.73. The topological polar surface area (TPSA) is 12.0 Å². The van der Waals surface area contributed by atoms with Crippen LogP contribution in [0.4, 0.5) is 5.69 Å². The molecule has 0 radical (unpaired) electrons. The Morgan fingerprint density at radius 2 is 1.70 bits per heavy atom. The van der Waals surface area contributed by atoms with Crippen molar-refractivity contribution < 1.29 is 0 Å². The van der Waals surface area contributed by atoms with Crippen LogP contribution >= 0.6 is 0 Å². The van der Waals surface area contributed by atoms with Crippen LogP contribution in [0.2, 0.25) is 0 Å². The van der Waals surface area contributed by atoms with Crippen LogP contribution in [0.25, 0.3) is 0 Å². The zero-order chi connectivity index (χ0) is 7.56. The number of aryl methyl sites for hydroxylation is 2. The minimum atomic E-state index is 1.25. The van der Waals surface area contributed by atoms with Gasteiger partial charge in [-0.15, -0.1) is 0 Å². The fourth-order valence-electron chi connectivity index (χ4n) is 1.21. The first kappa shape index (κ1) is 7.20. The van der Waals surface area contributed by atoms with E-state index in [2.05, 4.69) is 37.3 Å². The number of anilines is 1. The molecule has 0 aliphatic rings. The van der Waals surface area contributed by atoms with Gasteiger partial charge in [-0.1, -0.05) is 18.2 Å². The zero-order valence-corrected chi connectivity index (χ0v) is 6.73. The van der Waals surface area contributed by atoms with E-state index >= 15 is 0 Å². The van der Waals surface area contributed by atoms with E-state index in [0.29, 0.717) is 0 Å². The van der Waals surface area contributed by atoms with E-state index in [1.807, 2.05) is 7.98 Å². The Bertz CT molecular complexity index is 212. The maximum Gasteiger partial charge on any atom is 0.213 e. The van der Waals surface area contributed by atoms with E-state index in [1.165, 1.54) is 16.8 Å². The second-order valence-corrected chi connectivity index (χ2v) is 2.52. The van der Waals surface area contributed by atoms with E-state index < -0.39 is 0 Å². The molecule has 0 aromatic heterocycles. The van der Waals surface area contributed by atoms with Crippen LogP contribution < -0.4 is 5.23 Å². The summed E-state index contributed by atoms with van der Waals surface area (Å²) in [4.78, 5) is 0. The van der Waals surface area contributed by atoms with Gasteiger partial charge in [0, 0.05) is 5.69 Å². The lowest BCUT2D eigenvalue weighted by Crippen LogP contribution is -1.95. The normalized spacial score (nSPS) is 9.40. The van der Waals surface area contributed by atoms with Gasteiger partial charge in [-0.3, -0.25) is 0 Å². The third-order valence-corrected chi connectivity index (χ3v) is 1.73. The molecule has 0 amide bonds. The van der Waals surface area contributed by atoms with Crippen molar-refractivity contribution in [3.05, 3.63) is 29.3 Å². The standard InChI is InChI=1S/C8H12BN/c1-6-4-3-5-7(2)8(6)10-9/h3-5,10H,9H2,1-2H3. The van der Waals surface area contributed by atoms with Crippen LogP contribution in [-0.2, 0) is 0 Å². The molecule has 0 saturated carbocycles. The molecule has 1 aromatic rings. The van der Waals surface area contributed by atoms with Gasteiger partial charge in [0.1, 0.15) is 0 Å². The van der Waals surface area contributed by atoms with Crippen molar-refractivity contribution in [2.24, 2.45) is 0 Å². The Hall–Kier alpha value is -0.915. The van der Waals surface area contributed by atoms with Gasteiger partial charge < -0.3 is 5.23 Å². The van der Waals surface area contributed by atoms with Crippen LogP contribution in [0.1, 0.15) is 11.1 Å². The van der Waals surface area contributed by atoms with Crippen molar-refractivity contribution in [1.29, 1.82) is 0 Å². The molecule has 0 saturated heterocycles. The summed E-state index contributed by atoms with van der Waals surface area (Å²) in [5.41, 5.74) is 3.87. The minimum Gasteiger partial charge on any atom is -0.434 e. The molecule has 0 atom stereocenters. The average molecular weight is 133 g/mol. The van der Waals surface area contributed by atoms with Crippen LogP contribution in [0.5, 0.6) is 0 Å². The van der Waals surface area contributed by atoms with Gasteiger partial charge in [0.15, 0.2) is 0 Å². The molecule has 0 fully saturated rings. The Morgan fingerprint density at radius 1 is 1.20 bits per heavy atom. The van der Waals surface area contributed by atoms with Crippen molar-refractivity contribution in [2.75, 3.05) is 5.23 Å². The Kier molecular flexibility index (Phi) is 2.00. The summed E-state index contributed by atoms with van der Waals surface area (Å²) in [6, 6.07) is 6.29. The van der Waals surface area contributed by atoms with Crippen LogP contribution in [0.15, 0.2) is 18.2 Å². The van der Waals surface area contributed by atoms with Crippen molar-refractivity contribution in [2.45, 2.75) is 13.8 Å². The van der Waals surface area contributed by atoms with Crippen LogP contribution in [0, 0.1) is 13.8 Å². The van der Waals surface area contributed by atoms with Gasteiger partial charge in [-0.2, -0.15) is 0 Å². The summed E-state index contributed by atoms with van der Waals surface area (Å²) in [6.07, 6.45) is 0. The van der Waals surface area contributed by atoms with E-state index in [9.17, 15) is 0 Å². The van der Waals surface area contributed by atoms with Crippen LogP contribution in [-0.4, -0.2) is 7.98 Å². The first-order valence-corrected chi connectivity index (χ1v) is 3.49. The minimum absolute atomic E-state index is 1.25. The second kappa shape index (κ2) is 2.78. The van der Waals surface area contributed by atoms with Gasteiger partial charge in [0.05, 0.1) is 0 Å². The lowest BCUT2D eigenvalue weighted by Gasteiger charge is -2.07. The van der Waals surface area contributed by atoms with Crippen LogP contribution in [0.3, 0.4) is 0 Å². The summed E-state index contributed by atoms with van der Waals surface area (Å²) in [7, 11) is 1.95. The molecule has 0 heterocycles. The molecule has 52 valence electrons. The Balaban J connectivity index is 3.17. The molecular weight excluding hydrogens is 121 g/mol. The van der Waals surface area contributed by atoms with Gasteiger partial charge in [0.2, 0.25) is 7.98 Å². The van der Waals surface area contributed by atoms with Gasteiger partial charge in [-0.25, -0.2) is 0 Å². The monoisotopic (exact) mass is 133 g/mol. The SMILES string of the molecule is BNc1c(C)cccc1C. The first-order chi connectivity index (χ1) is 4.75. The summed E-state index contributed by atoms with van der Waals surface area (Å²) in [5, 5.41) is 3.16. The maximum absolute atomic E-state index is 3.16. The van der Waals surface area contributed by atoms with Crippen molar-refractivity contribution in [3.63, 3.8) is 0 Å². The average Bonchev–Trinajstić information content (AvgIpc) is 1.88. The Labute approximate surface area is 62.9 Å². The van der Waals surface area contributed by atoms with Gasteiger partial charge >= 0.3 is 0 Å². The predicted octanol–water partition coefficient (Wildman–Crippen LogP) is 1.26. The van der Waals surface area contributed by atoms with Gasteiger partial charge in [-0.05, 0) is 25.0 Å². The lowest BCUT2D eigenvalue weighted by atomic mass is 10.1. The highest BCUT2D eigenvalue weighted by Gasteiger charge is 1.95. The molecule has 0 unspecified atom stereocenters. The molecule has 10 heavy (non-hydrogen) atoms. The molecule has 1 nitrogen and oxygen atoms in total. The smallest absolute Gasteiger partial charge is 0.213 e. The van der Waals surface area contributed by atoms with Crippen molar-refractivity contribution in [1.82, 2.24) is 0 Å². The molecule has 2 heteroatoms. The highest BCUT2D eigenvalue weighted by atomic mass is 14.7. The Morgan fingerprint density at radius 3 is 2.00 bits per heavy atom.